The van der Waals surface area contributed by atoms with Crippen LogP contribution in [0.4, 0.5) is 4.79 Å². The number of benzene rings is 1. The number of ether oxygens (including phenoxy) is 1. The van der Waals surface area contributed by atoms with Crippen LogP contribution in [-0.2, 0) is 25.3 Å². The van der Waals surface area contributed by atoms with Crippen LogP contribution in [0.3, 0.4) is 0 Å². The van der Waals surface area contributed by atoms with Gasteiger partial charge in [0.05, 0.1) is 11.6 Å². The van der Waals surface area contributed by atoms with Gasteiger partial charge in [0.25, 0.3) is 16.1 Å². The van der Waals surface area contributed by atoms with E-state index in [4.69, 9.17) is 4.74 Å². The highest BCUT2D eigenvalue weighted by molar-refractivity contribution is 7.86. The van der Waals surface area contributed by atoms with Crippen LogP contribution in [0.2, 0.25) is 0 Å². The van der Waals surface area contributed by atoms with Gasteiger partial charge in [0.1, 0.15) is 11.4 Å². The normalized spacial score (nSPS) is 24.1. The highest BCUT2D eigenvalue weighted by Gasteiger charge is 2.68. The summed E-state index contributed by atoms with van der Waals surface area (Å²) < 4.78 is 36.0. The second-order valence-electron chi connectivity index (χ2n) is 14.5. The minimum Gasteiger partial charge on any atom is -0.444 e. The number of piperazine rings is 1. The molecule has 2 aromatic heterocycles. The van der Waals surface area contributed by atoms with Gasteiger partial charge < -0.3 is 14.5 Å². The molecule has 1 aliphatic carbocycles. The monoisotopic (exact) mass is 724 g/mol. The fourth-order valence-electron chi connectivity index (χ4n) is 7.73. The van der Waals surface area contributed by atoms with Crippen molar-refractivity contribution in [1.82, 2.24) is 33.3 Å². The molecule has 0 radical (unpaired) electrons. The van der Waals surface area contributed by atoms with Crippen molar-refractivity contribution >= 4 is 28.0 Å². The molecule has 5 heterocycles. The van der Waals surface area contributed by atoms with Gasteiger partial charge in [-0.05, 0) is 80.4 Å². The van der Waals surface area contributed by atoms with E-state index in [1.54, 1.807) is 106 Å². The van der Waals surface area contributed by atoms with Crippen LogP contribution in [0.25, 0.3) is 0 Å². The molecule has 3 aromatic rings. The van der Waals surface area contributed by atoms with E-state index in [9.17, 15) is 23.3 Å². The van der Waals surface area contributed by atoms with Gasteiger partial charge in [-0.3, -0.25) is 24.5 Å². The second-order valence-corrected chi connectivity index (χ2v) is 16.4. The molecule has 1 aromatic carbocycles. The number of rotatable bonds is 7. The number of fused-ring (bicyclic) bond motifs is 1. The molecule has 2 amide bonds. The van der Waals surface area contributed by atoms with Gasteiger partial charge in [0.2, 0.25) is 0 Å². The maximum atomic E-state index is 15.1. The molecule has 7 rings (SSSR count). The van der Waals surface area contributed by atoms with Crippen molar-refractivity contribution in [3.8, 4) is 6.07 Å². The van der Waals surface area contributed by atoms with Crippen molar-refractivity contribution < 1.29 is 27.5 Å². The van der Waals surface area contributed by atoms with E-state index < -0.39 is 27.4 Å². The van der Waals surface area contributed by atoms with E-state index in [1.165, 1.54) is 19.6 Å². The lowest BCUT2D eigenvalue weighted by molar-refractivity contribution is -0.132. The van der Waals surface area contributed by atoms with Crippen LogP contribution in [-0.4, -0.2) is 117 Å². The first-order chi connectivity index (χ1) is 24.8. The summed E-state index contributed by atoms with van der Waals surface area (Å²) in [7, 11) is -2.05. The molecule has 0 bridgehead atoms. The first-order valence-corrected chi connectivity index (χ1v) is 18.5. The number of nitriles is 1. The van der Waals surface area contributed by atoms with Crippen molar-refractivity contribution in [3.63, 3.8) is 0 Å². The number of carbonyl (C=O) groups is 3. The molecule has 1 unspecified atom stereocenters. The zero-order chi connectivity index (χ0) is 37.0. The third-order valence-corrected chi connectivity index (χ3v) is 12.3. The van der Waals surface area contributed by atoms with E-state index in [0.29, 0.717) is 28.1 Å². The molecule has 4 aliphatic rings. The molecule has 270 valence electrons. The van der Waals surface area contributed by atoms with Crippen LogP contribution >= 0.6 is 0 Å². The molecule has 0 N–H and O–H groups in total. The lowest BCUT2D eigenvalue weighted by Gasteiger charge is -2.37. The number of nitrogens with zero attached hydrogens (tertiary/aromatic N) is 8. The highest BCUT2D eigenvalue weighted by Crippen LogP contribution is 2.56. The number of amides is 2. The van der Waals surface area contributed by atoms with Crippen molar-refractivity contribution in [3.05, 3.63) is 107 Å². The summed E-state index contributed by atoms with van der Waals surface area (Å²) in [5.41, 5.74) is 0.0727. The first-order valence-electron chi connectivity index (χ1n) is 17.1. The molecule has 15 heteroatoms. The minimum absolute atomic E-state index is 0.150. The molecular weight excluding hydrogens is 685 g/mol. The Labute approximate surface area is 303 Å². The van der Waals surface area contributed by atoms with Gasteiger partial charge in [0.15, 0.2) is 11.3 Å². The number of ketones is 1. The number of pyridine rings is 2. The van der Waals surface area contributed by atoms with Crippen molar-refractivity contribution in [2.24, 2.45) is 11.8 Å². The fourth-order valence-corrected chi connectivity index (χ4v) is 9.40. The van der Waals surface area contributed by atoms with Gasteiger partial charge in [0, 0.05) is 101 Å². The predicted molar refractivity (Wildman–Crippen MR) is 188 cm³/mol. The smallest absolute Gasteiger partial charge is 0.410 e. The van der Waals surface area contributed by atoms with Gasteiger partial charge >= 0.3 is 6.09 Å². The molecule has 3 atom stereocenters. The Morgan fingerprint density at radius 2 is 1.42 bits per heavy atom. The van der Waals surface area contributed by atoms with E-state index >= 15 is 4.79 Å². The summed E-state index contributed by atoms with van der Waals surface area (Å²) in [6.45, 7) is 6.53. The lowest BCUT2D eigenvalue weighted by Crippen LogP contribution is -2.55. The van der Waals surface area contributed by atoms with Crippen molar-refractivity contribution in [2.75, 3.05) is 46.3 Å². The number of carbonyl (C=O) groups excluding carboxylic acids is 3. The molecular formula is C37H40N8O6S. The van der Waals surface area contributed by atoms with E-state index in [2.05, 4.69) is 16.0 Å². The van der Waals surface area contributed by atoms with Crippen LogP contribution in [0, 0.1) is 23.2 Å². The molecule has 3 aliphatic heterocycles. The summed E-state index contributed by atoms with van der Waals surface area (Å²) >= 11 is 0. The number of likely N-dealkylation sites (N-methyl/N-ethyl adjacent to an activating group) is 1. The summed E-state index contributed by atoms with van der Waals surface area (Å²) in [6, 6.07) is 15.1. The van der Waals surface area contributed by atoms with Gasteiger partial charge in [-0.25, -0.2) is 4.79 Å². The topological polar surface area (TPSA) is 160 Å². The SMILES string of the molecule is CN1C(=CC(=O)c2ccc(C#N)cc2)N(C2[C@H]3CN(S(=O)(=O)N4CCN(C(=O)OC(C)(C)C)CC4)C[C@@H]23)C(=O)C1(c1ccncc1)c1ccncc1. The maximum absolute atomic E-state index is 15.1. The average molecular weight is 725 g/mol. The number of allylic oxidation sites excluding steroid dienone is 1. The van der Waals surface area contributed by atoms with E-state index in [1.807, 2.05) is 4.90 Å². The molecule has 0 spiro atoms. The van der Waals surface area contributed by atoms with Crippen LogP contribution < -0.4 is 0 Å². The second kappa shape index (κ2) is 13.1. The van der Waals surface area contributed by atoms with Gasteiger partial charge in [-0.15, -0.1) is 0 Å². The minimum atomic E-state index is -3.83. The van der Waals surface area contributed by atoms with Crippen molar-refractivity contribution in [2.45, 2.75) is 38.0 Å². The third kappa shape index (κ3) is 6.00. The quantitative estimate of drug-likeness (QED) is 0.262. The molecule has 1 saturated carbocycles. The Balaban J connectivity index is 1.17. The Hall–Kier alpha value is -5.17. The summed E-state index contributed by atoms with van der Waals surface area (Å²) in [4.78, 5) is 54.9. The number of piperidine rings is 1. The summed E-state index contributed by atoms with van der Waals surface area (Å²) in [6.07, 6.45) is 7.47. The van der Waals surface area contributed by atoms with Gasteiger partial charge in [-0.1, -0.05) is 0 Å². The molecule has 4 fully saturated rings. The Bertz CT molecular complexity index is 2000. The van der Waals surface area contributed by atoms with Gasteiger partial charge in [-0.2, -0.15) is 22.3 Å². The van der Waals surface area contributed by atoms with Crippen LogP contribution in [0.1, 0.15) is 47.8 Å². The molecule has 3 saturated heterocycles. The Morgan fingerprint density at radius 1 is 0.885 bits per heavy atom. The Morgan fingerprint density at radius 3 is 1.92 bits per heavy atom. The summed E-state index contributed by atoms with van der Waals surface area (Å²) in [5, 5.41) is 9.25. The zero-order valence-electron chi connectivity index (χ0n) is 29.4. The van der Waals surface area contributed by atoms with Crippen LogP contribution in [0.15, 0.2) is 85.2 Å². The predicted octanol–water partition coefficient (Wildman–Crippen LogP) is 2.82. The molecule has 14 nitrogen and oxygen atoms in total. The van der Waals surface area contributed by atoms with Crippen molar-refractivity contribution in [1.29, 1.82) is 5.26 Å². The van der Waals surface area contributed by atoms with Crippen LogP contribution in [0.5, 0.6) is 0 Å². The zero-order valence-corrected chi connectivity index (χ0v) is 30.2. The lowest BCUT2D eigenvalue weighted by atomic mass is 9.82. The number of hydrogen-bond donors (Lipinski definition) is 0. The Kier molecular flexibility index (Phi) is 8.88. The standard InChI is InChI=1S/C37H40N8O6S/c1-36(2,3)51-35(48)42-17-19-43(20-18-42)52(49,50)44-23-29-30(24-44)33(29)45-32(21-31(46)26-7-5-25(22-38)6-8-26)41(4)37(34(45)47,27-9-13-39-14-10-27)28-11-15-40-16-12-28/h5-16,21,29-30,33H,17-20,23-24H2,1-4H3/t29-,30+,33?. The number of hydrogen-bond acceptors (Lipinski definition) is 10. The number of aromatic nitrogens is 2. The summed E-state index contributed by atoms with van der Waals surface area (Å²) in [5.74, 6) is -0.535. The average Bonchev–Trinajstić information content (AvgIpc) is 3.49. The molecule has 52 heavy (non-hydrogen) atoms. The first kappa shape index (κ1) is 35.2. The third-order valence-electron chi connectivity index (χ3n) is 10.3. The highest BCUT2D eigenvalue weighted by atomic mass is 32.2. The maximum Gasteiger partial charge on any atom is 0.410 e. The fraction of sp³-hybridized carbons (Fsp3) is 0.405. The largest absolute Gasteiger partial charge is 0.444 e. The van der Waals surface area contributed by atoms with E-state index in [0.717, 1.165) is 0 Å². The van der Waals surface area contributed by atoms with E-state index in [-0.39, 0.29) is 68.8 Å².